The highest BCUT2D eigenvalue weighted by Gasteiger charge is 2.21. The summed E-state index contributed by atoms with van der Waals surface area (Å²) in [6.07, 6.45) is -1.95. The maximum absolute atomic E-state index is 11.5. The van der Waals surface area contributed by atoms with Gasteiger partial charge < -0.3 is 20.7 Å². The average molecular weight is 313 g/mol. The number of carbonyl (C=O) groups is 2. The predicted octanol–water partition coefficient (Wildman–Crippen LogP) is 1.12. The summed E-state index contributed by atoms with van der Waals surface area (Å²) in [6.45, 7) is 1.44. The van der Waals surface area contributed by atoms with Gasteiger partial charge in [0, 0.05) is 18.4 Å². The van der Waals surface area contributed by atoms with Gasteiger partial charge in [0.25, 0.3) is 0 Å². The molecule has 1 aromatic rings. The Labute approximate surface area is 127 Å². The molecule has 0 saturated carbocycles. The van der Waals surface area contributed by atoms with Crippen LogP contribution >= 0.6 is 11.8 Å². The fourth-order valence-electron chi connectivity index (χ4n) is 1.75. The summed E-state index contributed by atoms with van der Waals surface area (Å²) in [7, 11) is 1.23. The lowest BCUT2D eigenvalue weighted by molar-refractivity contribution is -0.109. The molecule has 0 radical (unpaired) electrons. The number of aliphatic hydroxyl groups excluding tert-OH is 2. The van der Waals surface area contributed by atoms with E-state index in [0.29, 0.717) is 11.3 Å². The van der Waals surface area contributed by atoms with Crippen LogP contribution in [0.1, 0.15) is 35.4 Å². The Balaban J connectivity index is 2.79. The predicted molar refractivity (Wildman–Crippen MR) is 80.9 cm³/mol. The number of methoxy groups -OCH3 is 1. The van der Waals surface area contributed by atoms with Crippen LogP contribution in [0, 0.1) is 0 Å². The van der Waals surface area contributed by atoms with Gasteiger partial charge in [-0.15, -0.1) is 0 Å². The monoisotopic (exact) mass is 313 g/mol. The van der Waals surface area contributed by atoms with Crippen molar-refractivity contribution in [2.75, 3.05) is 18.6 Å². The molecule has 2 atom stereocenters. The number of ether oxygens (including phenoxy) is 1. The van der Waals surface area contributed by atoms with Crippen molar-refractivity contribution in [1.82, 2.24) is 0 Å². The van der Waals surface area contributed by atoms with E-state index in [1.807, 2.05) is 0 Å². The Hall–Kier alpha value is -1.57. The van der Waals surface area contributed by atoms with Gasteiger partial charge in [-0.25, -0.2) is 4.79 Å². The van der Waals surface area contributed by atoms with Crippen LogP contribution in [-0.2, 0) is 9.53 Å². The molecule has 4 N–H and O–H groups in total. The first-order valence-corrected chi connectivity index (χ1v) is 7.32. The summed E-state index contributed by atoms with van der Waals surface area (Å²) in [5.74, 6) is -0.199. The number of nitrogen functional groups attached to an aromatic ring is 1. The van der Waals surface area contributed by atoms with Crippen LogP contribution in [0.3, 0.4) is 0 Å². The fourth-order valence-corrected chi connectivity index (χ4v) is 2.39. The zero-order chi connectivity index (χ0) is 16.0. The second kappa shape index (κ2) is 8.02. The van der Waals surface area contributed by atoms with Gasteiger partial charge in [0.2, 0.25) is 0 Å². The van der Waals surface area contributed by atoms with Crippen molar-refractivity contribution in [3.8, 4) is 0 Å². The molecule has 0 heterocycles. The highest BCUT2D eigenvalue weighted by molar-refractivity contribution is 8.13. The minimum Gasteiger partial charge on any atom is -0.465 e. The van der Waals surface area contributed by atoms with Crippen LogP contribution in [0.2, 0.25) is 0 Å². The van der Waals surface area contributed by atoms with Crippen LogP contribution in [0.5, 0.6) is 0 Å². The number of nitrogens with two attached hydrogens (primary N) is 1. The normalized spacial score (nSPS) is 13.5. The van der Waals surface area contributed by atoms with Crippen LogP contribution in [0.15, 0.2) is 18.2 Å². The molecule has 0 aliphatic carbocycles. The van der Waals surface area contributed by atoms with Crippen molar-refractivity contribution in [2.45, 2.75) is 25.6 Å². The number of carbonyl (C=O) groups excluding carboxylic acids is 2. The molecule has 21 heavy (non-hydrogen) atoms. The van der Waals surface area contributed by atoms with Crippen LogP contribution in [-0.4, -0.2) is 40.3 Å². The molecule has 0 saturated heterocycles. The van der Waals surface area contributed by atoms with E-state index in [4.69, 9.17) is 5.73 Å². The second-order valence-corrected chi connectivity index (χ2v) is 5.75. The van der Waals surface area contributed by atoms with E-state index in [0.717, 1.165) is 11.8 Å². The van der Waals surface area contributed by atoms with E-state index >= 15 is 0 Å². The van der Waals surface area contributed by atoms with Crippen molar-refractivity contribution in [2.24, 2.45) is 0 Å². The minimum atomic E-state index is -1.17. The Kier molecular flexibility index (Phi) is 6.67. The van der Waals surface area contributed by atoms with E-state index in [9.17, 15) is 19.8 Å². The van der Waals surface area contributed by atoms with Gasteiger partial charge in [0.1, 0.15) is 6.10 Å². The van der Waals surface area contributed by atoms with Gasteiger partial charge in [0.05, 0.1) is 18.8 Å². The number of esters is 1. The number of anilines is 1. The summed E-state index contributed by atoms with van der Waals surface area (Å²) < 4.78 is 4.60. The first-order chi connectivity index (χ1) is 9.86. The smallest absolute Gasteiger partial charge is 0.339 e. The third-order valence-electron chi connectivity index (χ3n) is 2.91. The molecule has 0 aliphatic rings. The van der Waals surface area contributed by atoms with Gasteiger partial charge in [-0.05, 0) is 24.1 Å². The Morgan fingerprint density at radius 1 is 1.38 bits per heavy atom. The molecule has 1 rings (SSSR count). The molecule has 7 heteroatoms. The third-order valence-corrected chi connectivity index (χ3v) is 3.75. The van der Waals surface area contributed by atoms with Crippen LogP contribution in [0.4, 0.5) is 5.69 Å². The van der Waals surface area contributed by atoms with Crippen molar-refractivity contribution < 1.29 is 24.5 Å². The Morgan fingerprint density at radius 3 is 2.62 bits per heavy atom. The first kappa shape index (κ1) is 17.5. The molecule has 0 aliphatic heterocycles. The van der Waals surface area contributed by atoms with Gasteiger partial charge in [-0.2, -0.15) is 0 Å². The second-order valence-electron chi connectivity index (χ2n) is 4.48. The van der Waals surface area contributed by atoms with E-state index in [2.05, 4.69) is 4.74 Å². The summed E-state index contributed by atoms with van der Waals surface area (Å²) in [5, 5.41) is 20.0. The van der Waals surface area contributed by atoms with E-state index in [1.165, 1.54) is 32.2 Å². The molecule has 1 aromatic carbocycles. The highest BCUT2D eigenvalue weighted by atomic mass is 32.2. The minimum absolute atomic E-state index is 0.0443. The molecular weight excluding hydrogens is 294 g/mol. The summed E-state index contributed by atoms with van der Waals surface area (Å²) in [4.78, 5) is 22.3. The Bertz CT molecular complexity index is 520. The summed E-state index contributed by atoms with van der Waals surface area (Å²) in [5.41, 5.74) is 6.41. The quantitative estimate of drug-likeness (QED) is 0.533. The van der Waals surface area contributed by atoms with Crippen molar-refractivity contribution in [3.05, 3.63) is 29.3 Å². The number of rotatable bonds is 6. The largest absolute Gasteiger partial charge is 0.465 e. The summed E-state index contributed by atoms with van der Waals surface area (Å²) >= 11 is 1.08. The fraction of sp³-hybridized carbons (Fsp3) is 0.429. The molecule has 0 aromatic heterocycles. The number of thioether (sulfide) groups is 1. The average Bonchev–Trinajstić information content (AvgIpc) is 2.45. The molecule has 0 bridgehead atoms. The number of benzene rings is 1. The number of hydrogen-bond donors (Lipinski definition) is 3. The molecule has 116 valence electrons. The lowest BCUT2D eigenvalue weighted by atomic mass is 9.99. The SMILES string of the molecule is COC(=O)c1cc(C(O)C(O)CCSC(C)=O)ccc1N. The number of hydrogen-bond acceptors (Lipinski definition) is 7. The lowest BCUT2D eigenvalue weighted by Crippen LogP contribution is -2.20. The zero-order valence-electron chi connectivity index (χ0n) is 11.9. The lowest BCUT2D eigenvalue weighted by Gasteiger charge is -2.18. The molecule has 2 unspecified atom stereocenters. The van der Waals surface area contributed by atoms with Crippen molar-refractivity contribution >= 4 is 28.5 Å². The maximum Gasteiger partial charge on any atom is 0.339 e. The van der Waals surface area contributed by atoms with E-state index in [-0.39, 0.29) is 22.8 Å². The first-order valence-electron chi connectivity index (χ1n) is 6.34. The van der Waals surface area contributed by atoms with Gasteiger partial charge in [-0.1, -0.05) is 17.8 Å². The molecule has 0 spiro atoms. The van der Waals surface area contributed by atoms with Crippen LogP contribution in [0.25, 0.3) is 0 Å². The van der Waals surface area contributed by atoms with E-state index in [1.54, 1.807) is 0 Å². The highest BCUT2D eigenvalue weighted by Crippen LogP contribution is 2.24. The zero-order valence-corrected chi connectivity index (χ0v) is 12.7. The van der Waals surface area contributed by atoms with Gasteiger partial charge >= 0.3 is 5.97 Å². The molecule has 0 amide bonds. The van der Waals surface area contributed by atoms with Crippen LogP contribution < -0.4 is 5.73 Å². The van der Waals surface area contributed by atoms with Gasteiger partial charge in [-0.3, -0.25) is 4.79 Å². The Morgan fingerprint density at radius 2 is 2.05 bits per heavy atom. The summed E-state index contributed by atoms with van der Waals surface area (Å²) in [6, 6.07) is 4.41. The molecule has 0 fully saturated rings. The topological polar surface area (TPSA) is 110 Å². The van der Waals surface area contributed by atoms with Gasteiger partial charge in [0.15, 0.2) is 5.12 Å². The van der Waals surface area contributed by atoms with Crippen molar-refractivity contribution in [3.63, 3.8) is 0 Å². The third kappa shape index (κ3) is 5.04. The number of aliphatic hydroxyl groups is 2. The van der Waals surface area contributed by atoms with E-state index < -0.39 is 18.2 Å². The standard InChI is InChI=1S/C14H19NO5S/c1-8(16)21-6-5-12(17)13(18)9-3-4-11(15)10(7-9)14(19)20-2/h3-4,7,12-13,17-18H,5-6,15H2,1-2H3. The van der Waals surface area contributed by atoms with Crippen molar-refractivity contribution in [1.29, 1.82) is 0 Å². The molecule has 6 nitrogen and oxygen atoms in total. The molecular formula is C14H19NO5S. The maximum atomic E-state index is 11.5.